The molecule has 1 aromatic carbocycles. The highest BCUT2D eigenvalue weighted by molar-refractivity contribution is 5.29. The second kappa shape index (κ2) is 6.54. The molecule has 1 atom stereocenters. The van der Waals surface area contributed by atoms with Crippen molar-refractivity contribution in [3.63, 3.8) is 0 Å². The molecule has 0 aliphatic heterocycles. The van der Waals surface area contributed by atoms with Gasteiger partial charge in [0.1, 0.15) is 5.75 Å². The lowest BCUT2D eigenvalue weighted by Gasteiger charge is -2.18. The second-order valence-corrected chi connectivity index (χ2v) is 4.21. The van der Waals surface area contributed by atoms with E-state index in [1.165, 1.54) is 0 Å². The van der Waals surface area contributed by atoms with Gasteiger partial charge in [0.2, 0.25) is 0 Å². The molecule has 0 saturated heterocycles. The van der Waals surface area contributed by atoms with Gasteiger partial charge in [-0.25, -0.2) is 0 Å². The fraction of sp³-hybridized carbons (Fsp3) is 0.571. The summed E-state index contributed by atoms with van der Waals surface area (Å²) in [6.45, 7) is 4.35. The summed E-state index contributed by atoms with van der Waals surface area (Å²) >= 11 is 0. The van der Waals surface area contributed by atoms with E-state index in [0.29, 0.717) is 5.92 Å². The first-order chi connectivity index (χ1) is 7.71. The zero-order chi connectivity index (χ0) is 12.0. The molecule has 0 amide bonds. The molecule has 0 aliphatic rings. The maximum Gasteiger partial charge on any atom is 0.119 e. The highest BCUT2D eigenvalue weighted by atomic mass is 16.5. The molecule has 1 N–H and O–H groups in total. The highest BCUT2D eigenvalue weighted by Gasteiger charge is 2.13. The minimum Gasteiger partial charge on any atom is -0.497 e. The first kappa shape index (κ1) is 13.0. The van der Waals surface area contributed by atoms with E-state index in [1.54, 1.807) is 7.11 Å². The van der Waals surface area contributed by atoms with E-state index in [-0.39, 0.29) is 6.10 Å². The first-order valence-corrected chi connectivity index (χ1v) is 6.03. The Morgan fingerprint density at radius 2 is 1.94 bits per heavy atom. The van der Waals surface area contributed by atoms with Crippen LogP contribution < -0.4 is 4.74 Å². The molecule has 0 aliphatic carbocycles. The van der Waals surface area contributed by atoms with Crippen molar-refractivity contribution in [2.75, 3.05) is 7.11 Å². The molecule has 0 heterocycles. The van der Waals surface area contributed by atoms with Crippen LogP contribution in [0, 0.1) is 5.92 Å². The van der Waals surface area contributed by atoms with Crippen LogP contribution in [0.2, 0.25) is 0 Å². The third-order valence-corrected chi connectivity index (χ3v) is 3.19. The molecule has 0 saturated carbocycles. The normalized spacial score (nSPS) is 12.8. The molecule has 1 aromatic rings. The van der Waals surface area contributed by atoms with Crippen molar-refractivity contribution in [3.05, 3.63) is 29.8 Å². The number of rotatable bonds is 6. The predicted octanol–water partition coefficient (Wildman–Crippen LogP) is 3.55. The lowest BCUT2D eigenvalue weighted by atomic mass is 9.93. The number of benzene rings is 1. The molecule has 90 valence electrons. The number of aliphatic hydroxyl groups is 1. The number of hydrogen-bond donors (Lipinski definition) is 1. The Morgan fingerprint density at radius 1 is 1.25 bits per heavy atom. The Hall–Kier alpha value is -1.02. The van der Waals surface area contributed by atoms with Crippen molar-refractivity contribution in [1.29, 1.82) is 0 Å². The Labute approximate surface area is 98.3 Å². The molecule has 0 aromatic heterocycles. The van der Waals surface area contributed by atoms with Crippen LogP contribution in [-0.4, -0.2) is 12.2 Å². The molecule has 0 radical (unpaired) electrons. The van der Waals surface area contributed by atoms with Gasteiger partial charge in [-0.3, -0.25) is 0 Å². The fourth-order valence-electron chi connectivity index (χ4n) is 1.92. The molecule has 2 heteroatoms. The third kappa shape index (κ3) is 3.53. The maximum atomic E-state index is 10.1. The molecule has 0 fully saturated rings. The topological polar surface area (TPSA) is 29.5 Å². The van der Waals surface area contributed by atoms with Crippen LogP contribution in [0.1, 0.15) is 44.8 Å². The van der Waals surface area contributed by atoms with Crippen molar-refractivity contribution in [1.82, 2.24) is 0 Å². The molecular weight excluding hydrogens is 200 g/mol. The van der Waals surface area contributed by atoms with E-state index in [1.807, 2.05) is 24.3 Å². The van der Waals surface area contributed by atoms with Gasteiger partial charge in [-0.15, -0.1) is 0 Å². The molecule has 1 rings (SSSR count). The monoisotopic (exact) mass is 222 g/mol. The van der Waals surface area contributed by atoms with Gasteiger partial charge < -0.3 is 9.84 Å². The van der Waals surface area contributed by atoms with Gasteiger partial charge in [-0.1, -0.05) is 38.8 Å². The molecule has 16 heavy (non-hydrogen) atoms. The molecule has 0 spiro atoms. The molecule has 2 nitrogen and oxygen atoms in total. The summed E-state index contributed by atoms with van der Waals surface area (Å²) in [6.07, 6.45) is 2.70. The van der Waals surface area contributed by atoms with Crippen molar-refractivity contribution in [2.45, 2.75) is 39.2 Å². The second-order valence-electron chi connectivity index (χ2n) is 4.21. The van der Waals surface area contributed by atoms with Crippen molar-refractivity contribution >= 4 is 0 Å². The Morgan fingerprint density at radius 3 is 2.50 bits per heavy atom. The summed E-state index contributed by atoms with van der Waals surface area (Å²) in [5.74, 6) is 1.40. The summed E-state index contributed by atoms with van der Waals surface area (Å²) < 4.78 is 5.15. The highest BCUT2D eigenvalue weighted by Crippen LogP contribution is 2.27. The van der Waals surface area contributed by atoms with Crippen LogP contribution in [0.3, 0.4) is 0 Å². The van der Waals surface area contributed by atoms with Crippen LogP contribution in [0.25, 0.3) is 0 Å². The van der Waals surface area contributed by atoms with E-state index >= 15 is 0 Å². The van der Waals surface area contributed by atoms with Crippen LogP contribution >= 0.6 is 0 Å². The van der Waals surface area contributed by atoms with E-state index in [4.69, 9.17) is 4.74 Å². The standard InChI is InChI=1S/C14H22O2/c1-4-11(5-2)9-14(15)12-7-6-8-13(10-12)16-3/h6-8,10-11,14-15H,4-5,9H2,1-3H3. The lowest BCUT2D eigenvalue weighted by molar-refractivity contribution is 0.141. The number of methoxy groups -OCH3 is 1. The molecule has 0 bridgehead atoms. The van der Waals surface area contributed by atoms with E-state index in [0.717, 1.165) is 30.6 Å². The Balaban J connectivity index is 2.67. The van der Waals surface area contributed by atoms with Crippen molar-refractivity contribution < 1.29 is 9.84 Å². The Kier molecular flexibility index (Phi) is 5.33. The van der Waals surface area contributed by atoms with Crippen LogP contribution in [0.5, 0.6) is 5.75 Å². The molecular formula is C14H22O2. The van der Waals surface area contributed by atoms with Gasteiger partial charge in [-0.05, 0) is 30.0 Å². The van der Waals surface area contributed by atoms with Crippen molar-refractivity contribution in [2.24, 2.45) is 5.92 Å². The van der Waals surface area contributed by atoms with E-state index < -0.39 is 0 Å². The van der Waals surface area contributed by atoms with E-state index in [2.05, 4.69) is 13.8 Å². The van der Waals surface area contributed by atoms with Gasteiger partial charge in [-0.2, -0.15) is 0 Å². The molecule has 1 unspecified atom stereocenters. The zero-order valence-corrected chi connectivity index (χ0v) is 10.4. The maximum absolute atomic E-state index is 10.1. The summed E-state index contributed by atoms with van der Waals surface area (Å²) in [7, 11) is 1.65. The number of ether oxygens (including phenoxy) is 1. The summed E-state index contributed by atoms with van der Waals surface area (Å²) in [5.41, 5.74) is 0.950. The van der Waals surface area contributed by atoms with Crippen LogP contribution in [0.4, 0.5) is 0 Å². The van der Waals surface area contributed by atoms with Crippen LogP contribution in [0.15, 0.2) is 24.3 Å². The van der Waals surface area contributed by atoms with Crippen molar-refractivity contribution in [3.8, 4) is 5.75 Å². The minimum atomic E-state index is -0.375. The Bertz CT molecular complexity index is 305. The third-order valence-electron chi connectivity index (χ3n) is 3.19. The van der Waals surface area contributed by atoms with Gasteiger partial charge in [0.15, 0.2) is 0 Å². The predicted molar refractivity (Wildman–Crippen MR) is 66.6 cm³/mol. The van der Waals surface area contributed by atoms with E-state index in [9.17, 15) is 5.11 Å². The fourth-order valence-corrected chi connectivity index (χ4v) is 1.92. The smallest absolute Gasteiger partial charge is 0.119 e. The quantitative estimate of drug-likeness (QED) is 0.797. The number of hydrogen-bond acceptors (Lipinski definition) is 2. The summed E-state index contributed by atoms with van der Waals surface area (Å²) in [4.78, 5) is 0. The SMILES string of the molecule is CCC(CC)CC(O)c1cccc(OC)c1. The van der Waals surface area contributed by atoms with Gasteiger partial charge in [0.25, 0.3) is 0 Å². The average molecular weight is 222 g/mol. The summed E-state index contributed by atoms with van der Waals surface area (Å²) in [6, 6.07) is 7.68. The van der Waals surface area contributed by atoms with Gasteiger partial charge in [0, 0.05) is 0 Å². The summed E-state index contributed by atoms with van der Waals surface area (Å²) in [5, 5.41) is 10.1. The minimum absolute atomic E-state index is 0.375. The van der Waals surface area contributed by atoms with Crippen LogP contribution in [-0.2, 0) is 0 Å². The zero-order valence-electron chi connectivity index (χ0n) is 10.4. The van der Waals surface area contributed by atoms with Gasteiger partial charge >= 0.3 is 0 Å². The largest absolute Gasteiger partial charge is 0.497 e. The first-order valence-electron chi connectivity index (χ1n) is 6.03. The lowest BCUT2D eigenvalue weighted by Crippen LogP contribution is -2.06. The number of aliphatic hydroxyl groups excluding tert-OH is 1. The van der Waals surface area contributed by atoms with Gasteiger partial charge in [0.05, 0.1) is 13.2 Å². The average Bonchev–Trinajstić information content (AvgIpc) is 2.35.